The summed E-state index contributed by atoms with van der Waals surface area (Å²) < 4.78 is 44.1. The summed E-state index contributed by atoms with van der Waals surface area (Å²) in [5, 5.41) is 4.21. The number of rotatable bonds is 5. The van der Waals surface area contributed by atoms with Crippen LogP contribution < -0.4 is 10.1 Å². The number of halogens is 4. The highest BCUT2D eigenvalue weighted by molar-refractivity contribution is 7.12. The lowest BCUT2D eigenvalue weighted by molar-refractivity contribution is -0.137. The summed E-state index contributed by atoms with van der Waals surface area (Å²) in [5.41, 5.74) is -0.193. The number of para-hydroxylation sites is 1. The summed E-state index contributed by atoms with van der Waals surface area (Å²) in [6.45, 7) is 0.276. The number of anilines is 1. The molecule has 1 aromatic heterocycles. The quantitative estimate of drug-likeness (QED) is 0.538. The molecule has 0 radical (unpaired) electrons. The van der Waals surface area contributed by atoms with Gasteiger partial charge in [-0.2, -0.15) is 13.2 Å². The molecular weight excluding hydrogens is 399 g/mol. The Bertz CT molecular complexity index is 942. The lowest BCUT2D eigenvalue weighted by Gasteiger charge is -2.11. The molecule has 3 rings (SSSR count). The second-order valence-electron chi connectivity index (χ2n) is 5.57. The summed E-state index contributed by atoms with van der Waals surface area (Å²) in [4.78, 5) is 12.7. The summed E-state index contributed by atoms with van der Waals surface area (Å²) in [7, 11) is 0. The zero-order chi connectivity index (χ0) is 19.4. The Morgan fingerprint density at radius 1 is 1.11 bits per heavy atom. The van der Waals surface area contributed by atoms with Gasteiger partial charge in [0.15, 0.2) is 0 Å². The van der Waals surface area contributed by atoms with E-state index in [1.54, 1.807) is 11.4 Å². The second-order valence-corrected chi connectivity index (χ2v) is 6.89. The summed E-state index contributed by atoms with van der Waals surface area (Å²) in [6.07, 6.45) is -4.52. The molecule has 0 atom stereocenters. The molecule has 1 amide bonds. The van der Waals surface area contributed by atoms with E-state index in [1.807, 2.05) is 30.3 Å². The van der Waals surface area contributed by atoms with E-state index in [9.17, 15) is 18.0 Å². The smallest absolute Gasteiger partial charge is 0.416 e. The molecule has 0 unspecified atom stereocenters. The van der Waals surface area contributed by atoms with Gasteiger partial charge in [-0.25, -0.2) is 0 Å². The van der Waals surface area contributed by atoms with Gasteiger partial charge in [0, 0.05) is 5.56 Å². The molecule has 0 saturated carbocycles. The number of ether oxygens (including phenoxy) is 1. The molecule has 3 nitrogen and oxygen atoms in total. The van der Waals surface area contributed by atoms with Crippen LogP contribution in [0, 0.1) is 0 Å². The molecule has 8 heteroatoms. The fourth-order valence-electron chi connectivity index (χ4n) is 2.24. The predicted molar refractivity (Wildman–Crippen MR) is 99.5 cm³/mol. The first-order valence-electron chi connectivity index (χ1n) is 7.76. The minimum Gasteiger partial charge on any atom is -0.489 e. The maximum atomic E-state index is 12.8. The van der Waals surface area contributed by atoms with Crippen LogP contribution in [0.2, 0.25) is 5.02 Å². The van der Waals surface area contributed by atoms with Crippen molar-refractivity contribution in [3.05, 3.63) is 81.0 Å². The Labute approximate surface area is 162 Å². The van der Waals surface area contributed by atoms with Gasteiger partial charge in [-0.05, 0) is 41.8 Å². The normalized spacial score (nSPS) is 11.3. The van der Waals surface area contributed by atoms with Gasteiger partial charge >= 0.3 is 6.18 Å². The maximum absolute atomic E-state index is 12.8. The van der Waals surface area contributed by atoms with E-state index in [-0.39, 0.29) is 17.3 Å². The molecule has 0 bridgehead atoms. The van der Waals surface area contributed by atoms with Crippen LogP contribution in [0.4, 0.5) is 18.9 Å². The molecule has 27 heavy (non-hydrogen) atoms. The van der Waals surface area contributed by atoms with Gasteiger partial charge in [-0.1, -0.05) is 29.8 Å². The molecule has 0 aliphatic carbocycles. The van der Waals surface area contributed by atoms with Crippen molar-refractivity contribution < 1.29 is 22.7 Å². The molecule has 0 saturated heterocycles. The van der Waals surface area contributed by atoms with Crippen molar-refractivity contribution in [2.24, 2.45) is 0 Å². The van der Waals surface area contributed by atoms with Gasteiger partial charge in [-0.3, -0.25) is 4.79 Å². The van der Waals surface area contributed by atoms with Gasteiger partial charge in [0.2, 0.25) is 0 Å². The van der Waals surface area contributed by atoms with Gasteiger partial charge in [-0.15, -0.1) is 11.3 Å². The second kappa shape index (κ2) is 8.02. The maximum Gasteiger partial charge on any atom is 0.416 e. The van der Waals surface area contributed by atoms with Gasteiger partial charge in [0.25, 0.3) is 5.91 Å². The van der Waals surface area contributed by atoms with Crippen LogP contribution in [0.1, 0.15) is 20.8 Å². The molecule has 0 spiro atoms. The van der Waals surface area contributed by atoms with E-state index < -0.39 is 17.6 Å². The standard InChI is InChI=1S/C19H13ClF3NO2S/c20-15-7-6-13(19(21,22)23)9-16(15)24-18(25)17-8-12(11-27-17)10-26-14-4-2-1-3-5-14/h1-9,11H,10H2,(H,24,25). The number of hydrogen-bond acceptors (Lipinski definition) is 3. The molecule has 140 valence electrons. The van der Waals surface area contributed by atoms with Crippen LogP contribution >= 0.6 is 22.9 Å². The minimum atomic E-state index is -4.52. The van der Waals surface area contributed by atoms with E-state index in [2.05, 4.69) is 5.32 Å². The lowest BCUT2D eigenvalue weighted by atomic mass is 10.2. The third-order valence-corrected chi connectivity index (χ3v) is 4.88. The number of benzene rings is 2. The molecule has 3 aromatic rings. The SMILES string of the molecule is O=C(Nc1cc(C(F)(F)F)ccc1Cl)c1cc(COc2ccccc2)cs1. The van der Waals surface area contributed by atoms with Crippen molar-refractivity contribution in [1.82, 2.24) is 0 Å². The van der Waals surface area contributed by atoms with E-state index >= 15 is 0 Å². The average molecular weight is 412 g/mol. The van der Waals surface area contributed by atoms with Crippen molar-refractivity contribution >= 4 is 34.5 Å². The van der Waals surface area contributed by atoms with Crippen molar-refractivity contribution in [2.75, 3.05) is 5.32 Å². The first-order chi connectivity index (χ1) is 12.8. The Kier molecular flexibility index (Phi) is 5.72. The fourth-order valence-corrected chi connectivity index (χ4v) is 3.19. The van der Waals surface area contributed by atoms with Crippen LogP contribution in [-0.4, -0.2) is 5.91 Å². The molecular formula is C19H13ClF3NO2S. The third-order valence-electron chi connectivity index (χ3n) is 3.57. The number of amides is 1. The predicted octanol–water partition coefficient (Wildman–Crippen LogP) is 6.25. The Hall–Kier alpha value is -2.51. The van der Waals surface area contributed by atoms with E-state index in [0.29, 0.717) is 10.6 Å². The van der Waals surface area contributed by atoms with Gasteiger partial charge in [0.05, 0.1) is 21.2 Å². The van der Waals surface area contributed by atoms with Crippen LogP contribution in [0.5, 0.6) is 5.75 Å². The van der Waals surface area contributed by atoms with Gasteiger partial charge in [0.1, 0.15) is 12.4 Å². The Morgan fingerprint density at radius 2 is 1.85 bits per heavy atom. The van der Waals surface area contributed by atoms with Crippen LogP contribution in [0.3, 0.4) is 0 Å². The number of carbonyl (C=O) groups excluding carboxylic acids is 1. The number of carbonyl (C=O) groups is 1. The van der Waals surface area contributed by atoms with E-state index in [1.165, 1.54) is 11.3 Å². The van der Waals surface area contributed by atoms with Crippen molar-refractivity contribution in [3.63, 3.8) is 0 Å². The zero-order valence-electron chi connectivity index (χ0n) is 13.7. The van der Waals surface area contributed by atoms with Crippen molar-refractivity contribution in [1.29, 1.82) is 0 Å². The monoisotopic (exact) mass is 411 g/mol. The third kappa shape index (κ3) is 5.02. The topological polar surface area (TPSA) is 38.3 Å². The number of thiophene rings is 1. The van der Waals surface area contributed by atoms with Gasteiger partial charge < -0.3 is 10.1 Å². The van der Waals surface area contributed by atoms with E-state index in [0.717, 1.165) is 23.8 Å². The van der Waals surface area contributed by atoms with Crippen molar-refractivity contribution in [3.8, 4) is 5.75 Å². The molecule has 1 N–H and O–H groups in total. The highest BCUT2D eigenvalue weighted by Crippen LogP contribution is 2.34. The summed E-state index contributed by atoms with van der Waals surface area (Å²) in [5.74, 6) is 0.164. The molecule has 1 heterocycles. The summed E-state index contributed by atoms with van der Waals surface area (Å²) in [6, 6.07) is 13.6. The van der Waals surface area contributed by atoms with Crippen LogP contribution in [-0.2, 0) is 12.8 Å². The number of nitrogens with one attached hydrogen (secondary N) is 1. The molecule has 2 aromatic carbocycles. The Morgan fingerprint density at radius 3 is 2.56 bits per heavy atom. The fraction of sp³-hybridized carbons (Fsp3) is 0.105. The molecule has 0 fully saturated rings. The largest absolute Gasteiger partial charge is 0.489 e. The number of alkyl halides is 3. The van der Waals surface area contributed by atoms with Crippen LogP contribution in [0.15, 0.2) is 60.0 Å². The molecule has 0 aliphatic heterocycles. The minimum absolute atomic E-state index is 0.0283. The highest BCUT2D eigenvalue weighted by Gasteiger charge is 2.31. The Balaban J connectivity index is 1.68. The van der Waals surface area contributed by atoms with E-state index in [4.69, 9.17) is 16.3 Å². The van der Waals surface area contributed by atoms with Crippen molar-refractivity contribution in [2.45, 2.75) is 12.8 Å². The summed E-state index contributed by atoms with van der Waals surface area (Å²) >= 11 is 7.07. The average Bonchev–Trinajstić information content (AvgIpc) is 3.11. The number of hydrogen-bond donors (Lipinski definition) is 1. The molecule has 0 aliphatic rings. The lowest BCUT2D eigenvalue weighted by Crippen LogP contribution is -2.12. The first-order valence-corrected chi connectivity index (χ1v) is 9.02. The van der Waals surface area contributed by atoms with Crippen LogP contribution in [0.25, 0.3) is 0 Å². The first kappa shape index (κ1) is 19.3. The zero-order valence-corrected chi connectivity index (χ0v) is 15.3. The highest BCUT2D eigenvalue weighted by atomic mass is 35.5.